The van der Waals surface area contributed by atoms with Crippen molar-refractivity contribution >= 4 is 11.9 Å². The summed E-state index contributed by atoms with van der Waals surface area (Å²) in [6.07, 6.45) is -4.60. The summed E-state index contributed by atoms with van der Waals surface area (Å²) in [5, 5.41) is 10.3. The average molecular weight is 225 g/mol. The van der Waals surface area contributed by atoms with Gasteiger partial charge in [0.05, 0.1) is 5.92 Å². The van der Waals surface area contributed by atoms with Gasteiger partial charge in [0, 0.05) is 6.04 Å². The van der Waals surface area contributed by atoms with E-state index in [1.165, 1.54) is 6.92 Å². The Kier molecular flexibility index (Phi) is 2.92. The molecule has 0 aromatic heterocycles. The highest BCUT2D eigenvalue weighted by Crippen LogP contribution is 2.41. The second-order valence-electron chi connectivity index (χ2n) is 3.60. The maximum absolute atomic E-state index is 11.8. The van der Waals surface area contributed by atoms with E-state index in [9.17, 15) is 22.8 Å². The summed E-state index contributed by atoms with van der Waals surface area (Å²) in [6, 6.07) is -0.764. The van der Waals surface area contributed by atoms with Crippen molar-refractivity contribution in [2.45, 2.75) is 25.6 Å². The Hall–Kier alpha value is -1.27. The van der Waals surface area contributed by atoms with Crippen LogP contribution in [0.3, 0.4) is 0 Å². The molecule has 0 heterocycles. The number of carbonyl (C=O) groups excluding carboxylic acids is 1. The van der Waals surface area contributed by atoms with E-state index in [4.69, 9.17) is 5.11 Å². The van der Waals surface area contributed by atoms with Crippen LogP contribution in [-0.2, 0) is 9.59 Å². The quantitative estimate of drug-likeness (QED) is 0.745. The van der Waals surface area contributed by atoms with Crippen LogP contribution in [0.1, 0.15) is 13.3 Å². The Morgan fingerprint density at radius 2 is 2.00 bits per heavy atom. The number of carboxylic acid groups (broad SMARTS) is 1. The number of aliphatic carboxylic acids is 1. The Labute approximate surface area is 83.5 Å². The topological polar surface area (TPSA) is 66.4 Å². The van der Waals surface area contributed by atoms with Crippen molar-refractivity contribution in [2.75, 3.05) is 0 Å². The van der Waals surface area contributed by atoms with E-state index in [1.807, 2.05) is 0 Å². The lowest BCUT2D eigenvalue weighted by molar-refractivity contribution is -0.174. The molecule has 0 spiro atoms. The lowest BCUT2D eigenvalue weighted by Gasteiger charge is -2.14. The smallest absolute Gasteiger partial charge is 0.471 e. The van der Waals surface area contributed by atoms with Gasteiger partial charge in [-0.1, -0.05) is 0 Å². The van der Waals surface area contributed by atoms with E-state index in [0.717, 1.165) is 0 Å². The van der Waals surface area contributed by atoms with Gasteiger partial charge in [-0.3, -0.25) is 9.59 Å². The van der Waals surface area contributed by atoms with Crippen LogP contribution >= 0.6 is 0 Å². The number of hydrogen-bond donors (Lipinski definition) is 2. The van der Waals surface area contributed by atoms with Gasteiger partial charge in [-0.05, 0) is 19.3 Å². The summed E-state index contributed by atoms with van der Waals surface area (Å²) in [6.45, 7) is 1.37. The molecule has 0 aromatic rings. The van der Waals surface area contributed by atoms with Crippen LogP contribution in [0.25, 0.3) is 0 Å². The van der Waals surface area contributed by atoms with Crippen molar-refractivity contribution in [3.8, 4) is 0 Å². The minimum atomic E-state index is -4.91. The number of hydrogen-bond acceptors (Lipinski definition) is 2. The van der Waals surface area contributed by atoms with Gasteiger partial charge in [0.2, 0.25) is 0 Å². The first-order valence-electron chi connectivity index (χ1n) is 4.34. The zero-order valence-electron chi connectivity index (χ0n) is 7.84. The predicted molar refractivity (Wildman–Crippen MR) is 42.9 cm³/mol. The zero-order chi connectivity index (χ0) is 11.8. The summed E-state index contributed by atoms with van der Waals surface area (Å²) in [7, 11) is 0. The molecule has 1 rings (SSSR count). The van der Waals surface area contributed by atoms with Crippen molar-refractivity contribution < 1.29 is 27.9 Å². The molecule has 86 valence electrons. The molecule has 1 amide bonds. The fraction of sp³-hybridized carbons (Fsp3) is 0.750. The van der Waals surface area contributed by atoms with Crippen molar-refractivity contribution in [3.05, 3.63) is 0 Å². The molecule has 3 atom stereocenters. The summed E-state index contributed by atoms with van der Waals surface area (Å²) in [5.74, 6) is -4.08. The summed E-state index contributed by atoms with van der Waals surface area (Å²) < 4.78 is 35.5. The highest BCUT2D eigenvalue weighted by molar-refractivity contribution is 5.82. The Balaban J connectivity index is 2.42. The fourth-order valence-electron chi connectivity index (χ4n) is 1.45. The molecular weight excluding hydrogens is 215 g/mol. The van der Waals surface area contributed by atoms with Gasteiger partial charge in [0.15, 0.2) is 0 Å². The lowest BCUT2D eigenvalue weighted by atomic mass is 10.2. The van der Waals surface area contributed by atoms with E-state index >= 15 is 0 Å². The number of halogens is 3. The molecule has 1 fully saturated rings. The van der Waals surface area contributed by atoms with E-state index in [-0.39, 0.29) is 0 Å². The normalized spacial score (nSPS) is 26.9. The molecule has 2 N–H and O–H groups in total. The SMILES string of the molecule is CC(NC(=O)C(F)(F)F)[C@@H]1C[C@H]1C(=O)O. The van der Waals surface area contributed by atoms with E-state index < -0.39 is 35.9 Å². The molecular formula is C8H10F3NO3. The first kappa shape index (κ1) is 11.8. The second kappa shape index (κ2) is 3.71. The highest BCUT2D eigenvalue weighted by Gasteiger charge is 2.48. The minimum absolute atomic E-state index is 0.314. The predicted octanol–water partition coefficient (Wildman–Crippen LogP) is 0.774. The van der Waals surface area contributed by atoms with Crippen LogP contribution < -0.4 is 5.32 Å². The molecule has 1 aliphatic carbocycles. The minimum Gasteiger partial charge on any atom is -0.481 e. The standard InChI is InChI=1S/C8H10F3NO3/c1-3(4-2-5(4)6(13)14)12-7(15)8(9,10)11/h3-5H,2H2,1H3,(H,12,15)(H,13,14)/t3?,4-,5+/m0/s1. The summed E-state index contributed by atoms with van der Waals surface area (Å²) in [4.78, 5) is 20.9. The Bertz CT molecular complexity index is 289. The largest absolute Gasteiger partial charge is 0.481 e. The molecule has 1 unspecified atom stereocenters. The second-order valence-corrected chi connectivity index (χ2v) is 3.60. The molecule has 0 bridgehead atoms. The molecule has 15 heavy (non-hydrogen) atoms. The summed E-state index contributed by atoms with van der Waals surface area (Å²) in [5.41, 5.74) is 0. The number of rotatable bonds is 3. The van der Waals surface area contributed by atoms with Gasteiger partial charge in [0.1, 0.15) is 0 Å². The van der Waals surface area contributed by atoms with Crippen LogP contribution in [-0.4, -0.2) is 29.2 Å². The van der Waals surface area contributed by atoms with Crippen molar-refractivity contribution in [3.63, 3.8) is 0 Å². The molecule has 0 saturated heterocycles. The van der Waals surface area contributed by atoms with Crippen molar-refractivity contribution in [2.24, 2.45) is 11.8 Å². The number of carboxylic acids is 1. The number of carbonyl (C=O) groups is 2. The first-order valence-corrected chi connectivity index (χ1v) is 4.34. The van der Waals surface area contributed by atoms with Crippen LogP contribution in [0.4, 0.5) is 13.2 Å². The van der Waals surface area contributed by atoms with Crippen LogP contribution in [0.2, 0.25) is 0 Å². The van der Waals surface area contributed by atoms with Gasteiger partial charge in [-0.2, -0.15) is 13.2 Å². The zero-order valence-corrected chi connectivity index (χ0v) is 7.84. The molecule has 4 nitrogen and oxygen atoms in total. The highest BCUT2D eigenvalue weighted by atomic mass is 19.4. The molecule has 1 saturated carbocycles. The maximum atomic E-state index is 11.8. The fourth-order valence-corrected chi connectivity index (χ4v) is 1.45. The van der Waals surface area contributed by atoms with Gasteiger partial charge < -0.3 is 10.4 Å². The monoisotopic (exact) mass is 225 g/mol. The molecule has 0 radical (unpaired) electrons. The third-order valence-corrected chi connectivity index (χ3v) is 2.42. The van der Waals surface area contributed by atoms with Crippen molar-refractivity contribution in [1.82, 2.24) is 5.32 Å². The molecule has 0 aliphatic heterocycles. The van der Waals surface area contributed by atoms with E-state index in [0.29, 0.717) is 6.42 Å². The van der Waals surface area contributed by atoms with Gasteiger partial charge in [-0.25, -0.2) is 0 Å². The average Bonchev–Trinajstić information content (AvgIpc) is 2.80. The Morgan fingerprint density at radius 1 is 1.47 bits per heavy atom. The first-order chi connectivity index (χ1) is 6.73. The van der Waals surface area contributed by atoms with Crippen LogP contribution in [0.5, 0.6) is 0 Å². The van der Waals surface area contributed by atoms with E-state index in [1.54, 1.807) is 5.32 Å². The molecule has 0 aromatic carbocycles. The number of nitrogens with one attached hydrogen (secondary N) is 1. The lowest BCUT2D eigenvalue weighted by Crippen LogP contribution is -2.43. The third-order valence-electron chi connectivity index (χ3n) is 2.42. The van der Waals surface area contributed by atoms with Gasteiger partial charge in [-0.15, -0.1) is 0 Å². The number of amides is 1. The summed E-state index contributed by atoms with van der Waals surface area (Å²) >= 11 is 0. The maximum Gasteiger partial charge on any atom is 0.471 e. The van der Waals surface area contributed by atoms with E-state index in [2.05, 4.69) is 0 Å². The van der Waals surface area contributed by atoms with Crippen LogP contribution in [0.15, 0.2) is 0 Å². The van der Waals surface area contributed by atoms with Crippen LogP contribution in [0, 0.1) is 11.8 Å². The molecule has 1 aliphatic rings. The third kappa shape index (κ3) is 2.84. The van der Waals surface area contributed by atoms with Gasteiger partial charge >= 0.3 is 18.1 Å². The molecule has 7 heteroatoms. The number of alkyl halides is 3. The van der Waals surface area contributed by atoms with Gasteiger partial charge in [0.25, 0.3) is 0 Å². The van der Waals surface area contributed by atoms with Crippen molar-refractivity contribution in [1.29, 1.82) is 0 Å². The Morgan fingerprint density at radius 3 is 2.33 bits per heavy atom.